The monoisotopic (exact) mass is 410 g/mol. The molecule has 1 amide bonds. The zero-order chi connectivity index (χ0) is 20.9. The van der Waals surface area contributed by atoms with E-state index in [1.165, 1.54) is 5.56 Å². The van der Waals surface area contributed by atoms with Crippen LogP contribution in [0.25, 0.3) is 0 Å². The Morgan fingerprint density at radius 1 is 1.27 bits per heavy atom. The minimum Gasteiger partial charge on any atom is -0.494 e. The van der Waals surface area contributed by atoms with E-state index < -0.39 is 0 Å². The fourth-order valence-corrected chi connectivity index (χ4v) is 3.97. The lowest BCUT2D eigenvalue weighted by molar-refractivity contribution is -0.116. The van der Waals surface area contributed by atoms with Crippen molar-refractivity contribution in [3.8, 4) is 5.75 Å². The molecule has 1 aromatic carbocycles. The predicted octanol–water partition coefficient (Wildman–Crippen LogP) is 3.17. The number of pyridine rings is 1. The molecular weight excluding hydrogens is 380 g/mol. The van der Waals surface area contributed by atoms with Crippen molar-refractivity contribution in [1.29, 1.82) is 0 Å². The molecule has 0 bridgehead atoms. The van der Waals surface area contributed by atoms with Crippen molar-refractivity contribution in [3.05, 3.63) is 47.7 Å². The lowest BCUT2D eigenvalue weighted by atomic mass is 10.0. The first-order chi connectivity index (χ1) is 14.6. The minimum atomic E-state index is 0.0382. The number of unbranched alkanes of at least 4 members (excludes halogenated alkanes) is 1. The van der Waals surface area contributed by atoms with Crippen molar-refractivity contribution in [2.45, 2.75) is 44.8 Å². The molecule has 0 spiro atoms. The third-order valence-electron chi connectivity index (χ3n) is 5.83. The second kappa shape index (κ2) is 9.45. The molecule has 1 saturated heterocycles. The molecule has 0 radical (unpaired) electrons. The Bertz CT molecular complexity index is 871. The predicted molar refractivity (Wildman–Crippen MR) is 116 cm³/mol. The molecule has 3 heterocycles. The van der Waals surface area contributed by atoms with Crippen LogP contribution in [0.2, 0.25) is 0 Å². The van der Waals surface area contributed by atoms with Gasteiger partial charge in [0.15, 0.2) is 0 Å². The molecule has 1 fully saturated rings. The van der Waals surface area contributed by atoms with E-state index in [0.717, 1.165) is 49.4 Å². The van der Waals surface area contributed by atoms with Gasteiger partial charge in [-0.2, -0.15) is 0 Å². The number of amides is 1. The summed E-state index contributed by atoms with van der Waals surface area (Å²) in [5, 5.41) is 2.92. The first kappa shape index (κ1) is 20.6. The van der Waals surface area contributed by atoms with Crippen molar-refractivity contribution in [2.24, 2.45) is 0 Å². The molecule has 0 unspecified atom stereocenters. The number of anilines is 2. The minimum absolute atomic E-state index is 0.0382. The molecule has 0 saturated carbocycles. The number of hydrogen-bond acceptors (Lipinski definition) is 6. The maximum atomic E-state index is 11.6. The normalized spacial score (nSPS) is 21.7. The van der Waals surface area contributed by atoms with Gasteiger partial charge >= 0.3 is 0 Å². The molecule has 2 aliphatic rings. The first-order valence-electron chi connectivity index (χ1n) is 10.7. The molecule has 2 aliphatic heterocycles. The summed E-state index contributed by atoms with van der Waals surface area (Å²) < 4.78 is 11.9. The van der Waals surface area contributed by atoms with Crippen LogP contribution < -0.4 is 15.8 Å². The van der Waals surface area contributed by atoms with Crippen LogP contribution in [-0.4, -0.2) is 48.1 Å². The largest absolute Gasteiger partial charge is 0.494 e. The van der Waals surface area contributed by atoms with Gasteiger partial charge < -0.3 is 20.5 Å². The van der Waals surface area contributed by atoms with Gasteiger partial charge in [0, 0.05) is 42.5 Å². The van der Waals surface area contributed by atoms with Crippen LogP contribution in [0.4, 0.5) is 11.5 Å². The van der Waals surface area contributed by atoms with E-state index >= 15 is 0 Å². The van der Waals surface area contributed by atoms with E-state index in [1.54, 1.807) is 0 Å². The Hall–Kier alpha value is -2.64. The Morgan fingerprint density at radius 2 is 2.17 bits per heavy atom. The standard InChI is InChI=1S/C23H30N4O3/c1-16-15-30-21(18-5-8-22(24)25-13-18)14-27(16)10-2-3-11-29-19-7-4-17-6-9-23(28)26-20(17)12-19/h4-5,7-8,12-13,16,21H,2-3,6,9-11,14-15H2,1H3,(H2,24,25)(H,26,28)/t16-,21+/m0/s1. The number of nitrogens with two attached hydrogens (primary N) is 1. The molecule has 1 aromatic heterocycles. The van der Waals surface area contributed by atoms with Gasteiger partial charge in [0.1, 0.15) is 11.6 Å². The van der Waals surface area contributed by atoms with Crippen molar-refractivity contribution in [1.82, 2.24) is 9.88 Å². The van der Waals surface area contributed by atoms with Crippen molar-refractivity contribution >= 4 is 17.4 Å². The number of carbonyl (C=O) groups excluding carboxylic acids is 1. The van der Waals surface area contributed by atoms with Gasteiger partial charge in [0.25, 0.3) is 0 Å². The summed E-state index contributed by atoms with van der Waals surface area (Å²) in [5.74, 6) is 1.42. The zero-order valence-corrected chi connectivity index (χ0v) is 17.5. The topological polar surface area (TPSA) is 89.7 Å². The van der Waals surface area contributed by atoms with E-state index in [1.807, 2.05) is 36.5 Å². The Morgan fingerprint density at radius 3 is 3.00 bits per heavy atom. The first-order valence-corrected chi connectivity index (χ1v) is 10.7. The highest BCUT2D eigenvalue weighted by Gasteiger charge is 2.26. The number of benzene rings is 1. The molecule has 0 aliphatic carbocycles. The number of aromatic nitrogens is 1. The van der Waals surface area contributed by atoms with Crippen LogP contribution in [0.5, 0.6) is 5.75 Å². The fourth-order valence-electron chi connectivity index (χ4n) is 3.97. The van der Waals surface area contributed by atoms with Crippen LogP contribution >= 0.6 is 0 Å². The second-order valence-electron chi connectivity index (χ2n) is 8.11. The molecule has 7 nitrogen and oxygen atoms in total. The maximum absolute atomic E-state index is 11.6. The average molecular weight is 411 g/mol. The lowest BCUT2D eigenvalue weighted by Crippen LogP contribution is -2.45. The number of nitrogen functional groups attached to an aromatic ring is 1. The van der Waals surface area contributed by atoms with E-state index in [0.29, 0.717) is 31.5 Å². The van der Waals surface area contributed by atoms with Crippen LogP contribution in [0, 0.1) is 0 Å². The number of fused-ring (bicyclic) bond motifs is 1. The van der Waals surface area contributed by atoms with Gasteiger partial charge in [0.2, 0.25) is 5.91 Å². The van der Waals surface area contributed by atoms with Gasteiger partial charge in [0.05, 0.1) is 19.3 Å². The number of hydrogen-bond donors (Lipinski definition) is 2. The highest BCUT2D eigenvalue weighted by molar-refractivity contribution is 5.94. The summed E-state index contributed by atoms with van der Waals surface area (Å²) in [6.45, 7) is 5.45. The van der Waals surface area contributed by atoms with Crippen LogP contribution in [-0.2, 0) is 16.0 Å². The molecule has 30 heavy (non-hydrogen) atoms. The maximum Gasteiger partial charge on any atom is 0.224 e. The third-order valence-corrected chi connectivity index (χ3v) is 5.83. The van der Waals surface area contributed by atoms with Crippen molar-refractivity contribution in [2.75, 3.05) is 37.4 Å². The highest BCUT2D eigenvalue weighted by Crippen LogP contribution is 2.28. The number of aryl methyl sites for hydroxylation is 1. The summed E-state index contributed by atoms with van der Waals surface area (Å²) >= 11 is 0. The number of nitrogens with one attached hydrogen (secondary N) is 1. The number of rotatable bonds is 7. The number of morpholine rings is 1. The van der Waals surface area contributed by atoms with E-state index in [9.17, 15) is 4.79 Å². The number of carbonyl (C=O) groups is 1. The second-order valence-corrected chi connectivity index (χ2v) is 8.11. The van der Waals surface area contributed by atoms with Crippen molar-refractivity contribution in [3.63, 3.8) is 0 Å². The Kier molecular flexibility index (Phi) is 6.50. The van der Waals surface area contributed by atoms with Crippen molar-refractivity contribution < 1.29 is 14.3 Å². The van der Waals surface area contributed by atoms with Gasteiger partial charge in [-0.3, -0.25) is 9.69 Å². The van der Waals surface area contributed by atoms with Gasteiger partial charge in [-0.1, -0.05) is 12.1 Å². The fraction of sp³-hybridized carbons (Fsp3) is 0.478. The Labute approximate surface area is 177 Å². The zero-order valence-electron chi connectivity index (χ0n) is 17.5. The summed E-state index contributed by atoms with van der Waals surface area (Å²) in [5.41, 5.74) is 8.82. The number of ether oxygens (including phenoxy) is 2. The SMILES string of the molecule is C[C@H]1CO[C@@H](c2ccc(N)nc2)CN1CCCCOc1ccc2c(c1)NC(=O)CC2. The third kappa shape index (κ3) is 5.09. The molecule has 4 rings (SSSR count). The lowest BCUT2D eigenvalue weighted by Gasteiger charge is -2.38. The molecule has 2 aromatic rings. The molecule has 160 valence electrons. The van der Waals surface area contributed by atoms with E-state index in [-0.39, 0.29) is 12.0 Å². The van der Waals surface area contributed by atoms with Gasteiger partial charge in [-0.05, 0) is 50.4 Å². The summed E-state index contributed by atoms with van der Waals surface area (Å²) in [7, 11) is 0. The molecular formula is C23H30N4O3. The van der Waals surface area contributed by atoms with Gasteiger partial charge in [-0.15, -0.1) is 0 Å². The van der Waals surface area contributed by atoms with E-state index in [2.05, 4.69) is 22.1 Å². The Balaban J connectivity index is 1.21. The summed E-state index contributed by atoms with van der Waals surface area (Å²) in [6, 6.07) is 10.2. The van der Waals surface area contributed by atoms with Crippen LogP contribution in [0.15, 0.2) is 36.5 Å². The summed E-state index contributed by atoms with van der Waals surface area (Å²) in [6.07, 6.45) is 5.23. The smallest absolute Gasteiger partial charge is 0.224 e. The molecule has 3 N–H and O–H groups in total. The highest BCUT2D eigenvalue weighted by atomic mass is 16.5. The molecule has 2 atom stereocenters. The number of nitrogens with zero attached hydrogens (tertiary/aromatic N) is 2. The van der Waals surface area contributed by atoms with Gasteiger partial charge in [-0.25, -0.2) is 4.98 Å². The average Bonchev–Trinajstić information content (AvgIpc) is 2.75. The summed E-state index contributed by atoms with van der Waals surface area (Å²) in [4.78, 5) is 18.2. The van der Waals surface area contributed by atoms with Crippen LogP contribution in [0.1, 0.15) is 43.4 Å². The molecule has 7 heteroatoms. The van der Waals surface area contributed by atoms with Crippen LogP contribution in [0.3, 0.4) is 0 Å². The quantitative estimate of drug-likeness (QED) is 0.682. The van der Waals surface area contributed by atoms with E-state index in [4.69, 9.17) is 15.2 Å².